The fraction of sp³-hybridized carbons (Fsp3) is 1.00. The molecule has 1 saturated heterocycles. The average Bonchev–Trinajstić information content (AvgIpc) is 2.03. The van der Waals surface area contributed by atoms with Gasteiger partial charge < -0.3 is 9.64 Å². The lowest BCUT2D eigenvalue weighted by Gasteiger charge is -2.25. The standard InChI is InChI=1S/C8H18N2O/c1-10(2)6-4-8-9-5-3-7-11-8/h8-9H,3-7H2,1-2H3. The van der Waals surface area contributed by atoms with Crippen LogP contribution in [0.5, 0.6) is 0 Å². The van der Waals surface area contributed by atoms with E-state index in [1.54, 1.807) is 0 Å². The fourth-order valence-electron chi connectivity index (χ4n) is 1.18. The van der Waals surface area contributed by atoms with Gasteiger partial charge in [0.2, 0.25) is 0 Å². The molecular weight excluding hydrogens is 140 g/mol. The van der Waals surface area contributed by atoms with E-state index in [2.05, 4.69) is 24.3 Å². The summed E-state index contributed by atoms with van der Waals surface area (Å²) in [6, 6.07) is 0. The van der Waals surface area contributed by atoms with Crippen LogP contribution in [0, 0.1) is 0 Å². The summed E-state index contributed by atoms with van der Waals surface area (Å²) < 4.78 is 5.49. The Hall–Kier alpha value is -0.120. The van der Waals surface area contributed by atoms with Crippen molar-refractivity contribution in [2.45, 2.75) is 19.1 Å². The van der Waals surface area contributed by atoms with E-state index in [9.17, 15) is 0 Å². The molecule has 1 atom stereocenters. The zero-order valence-electron chi connectivity index (χ0n) is 7.47. The van der Waals surface area contributed by atoms with Gasteiger partial charge in [0.05, 0.1) is 0 Å². The second-order valence-corrected chi connectivity index (χ2v) is 3.26. The molecule has 1 aliphatic heterocycles. The summed E-state index contributed by atoms with van der Waals surface area (Å²) in [5.74, 6) is 0. The normalized spacial score (nSPS) is 25.9. The summed E-state index contributed by atoms with van der Waals surface area (Å²) in [7, 11) is 4.17. The Bertz CT molecular complexity index is 100. The highest BCUT2D eigenvalue weighted by Crippen LogP contribution is 2.01. The number of nitrogens with one attached hydrogen (secondary N) is 1. The highest BCUT2D eigenvalue weighted by Gasteiger charge is 2.11. The van der Waals surface area contributed by atoms with Crippen molar-refractivity contribution < 1.29 is 4.74 Å². The minimum Gasteiger partial charge on any atom is -0.363 e. The quantitative estimate of drug-likeness (QED) is 0.638. The maximum Gasteiger partial charge on any atom is 0.109 e. The van der Waals surface area contributed by atoms with Crippen molar-refractivity contribution in [3.05, 3.63) is 0 Å². The molecule has 0 aliphatic carbocycles. The molecule has 0 spiro atoms. The predicted octanol–water partition coefficient (Wildman–Crippen LogP) is 0.274. The van der Waals surface area contributed by atoms with E-state index in [4.69, 9.17) is 4.74 Å². The molecular formula is C8H18N2O. The molecule has 66 valence electrons. The molecule has 3 heteroatoms. The second kappa shape index (κ2) is 4.70. The Balaban J connectivity index is 2.05. The largest absolute Gasteiger partial charge is 0.363 e. The maximum absolute atomic E-state index is 5.49. The Morgan fingerprint density at radius 3 is 2.91 bits per heavy atom. The van der Waals surface area contributed by atoms with Gasteiger partial charge >= 0.3 is 0 Å². The van der Waals surface area contributed by atoms with Crippen LogP contribution < -0.4 is 5.32 Å². The van der Waals surface area contributed by atoms with Gasteiger partial charge in [-0.3, -0.25) is 5.32 Å². The van der Waals surface area contributed by atoms with Crippen LogP contribution in [0.25, 0.3) is 0 Å². The highest BCUT2D eigenvalue weighted by molar-refractivity contribution is 4.62. The van der Waals surface area contributed by atoms with E-state index >= 15 is 0 Å². The lowest BCUT2D eigenvalue weighted by Crippen LogP contribution is -2.39. The molecule has 1 rings (SSSR count). The van der Waals surface area contributed by atoms with Crippen LogP contribution in [0.15, 0.2) is 0 Å². The minimum atomic E-state index is 0.297. The second-order valence-electron chi connectivity index (χ2n) is 3.26. The van der Waals surface area contributed by atoms with Crippen molar-refractivity contribution in [1.82, 2.24) is 10.2 Å². The van der Waals surface area contributed by atoms with Gasteiger partial charge in [-0.2, -0.15) is 0 Å². The monoisotopic (exact) mass is 158 g/mol. The van der Waals surface area contributed by atoms with Gasteiger partial charge in [-0.05, 0) is 33.5 Å². The summed E-state index contributed by atoms with van der Waals surface area (Å²) in [6.45, 7) is 3.13. The summed E-state index contributed by atoms with van der Waals surface area (Å²) in [5.41, 5.74) is 0. The Morgan fingerprint density at radius 1 is 1.55 bits per heavy atom. The van der Waals surface area contributed by atoms with E-state index in [0.717, 1.165) is 32.5 Å². The Labute approximate surface area is 68.7 Å². The zero-order chi connectivity index (χ0) is 8.10. The van der Waals surface area contributed by atoms with Crippen LogP contribution in [-0.2, 0) is 4.74 Å². The third kappa shape index (κ3) is 3.70. The van der Waals surface area contributed by atoms with Gasteiger partial charge in [0.15, 0.2) is 0 Å². The number of rotatable bonds is 3. The molecule has 0 aromatic rings. The van der Waals surface area contributed by atoms with Crippen LogP contribution in [-0.4, -0.2) is 44.9 Å². The van der Waals surface area contributed by atoms with E-state index in [1.807, 2.05) is 0 Å². The molecule has 1 unspecified atom stereocenters. The molecule has 0 aromatic heterocycles. The number of ether oxygens (including phenoxy) is 1. The van der Waals surface area contributed by atoms with Crippen molar-refractivity contribution in [1.29, 1.82) is 0 Å². The predicted molar refractivity (Wildman–Crippen MR) is 45.5 cm³/mol. The molecule has 0 radical (unpaired) electrons. The van der Waals surface area contributed by atoms with Crippen molar-refractivity contribution in [2.24, 2.45) is 0 Å². The number of hydrogen-bond donors (Lipinski definition) is 1. The summed E-state index contributed by atoms with van der Waals surface area (Å²) in [4.78, 5) is 2.18. The van der Waals surface area contributed by atoms with Gasteiger partial charge in [-0.15, -0.1) is 0 Å². The molecule has 0 aromatic carbocycles. The van der Waals surface area contributed by atoms with Gasteiger partial charge in [0, 0.05) is 13.2 Å². The van der Waals surface area contributed by atoms with Crippen LogP contribution in [0.4, 0.5) is 0 Å². The highest BCUT2D eigenvalue weighted by atomic mass is 16.5. The van der Waals surface area contributed by atoms with Crippen molar-refractivity contribution >= 4 is 0 Å². The maximum atomic E-state index is 5.49. The fourth-order valence-corrected chi connectivity index (χ4v) is 1.18. The molecule has 1 N–H and O–H groups in total. The summed E-state index contributed by atoms with van der Waals surface area (Å²) >= 11 is 0. The Kier molecular flexibility index (Phi) is 3.83. The molecule has 11 heavy (non-hydrogen) atoms. The molecule has 1 fully saturated rings. The summed E-state index contributed by atoms with van der Waals surface area (Å²) in [5, 5.41) is 3.33. The zero-order valence-corrected chi connectivity index (χ0v) is 7.47. The first kappa shape index (κ1) is 8.97. The van der Waals surface area contributed by atoms with E-state index in [1.165, 1.54) is 0 Å². The lowest BCUT2D eigenvalue weighted by atomic mass is 10.3. The molecule has 1 aliphatic rings. The van der Waals surface area contributed by atoms with Crippen LogP contribution >= 0.6 is 0 Å². The average molecular weight is 158 g/mol. The SMILES string of the molecule is CN(C)CCC1NCCCO1. The van der Waals surface area contributed by atoms with E-state index < -0.39 is 0 Å². The number of hydrogen-bond acceptors (Lipinski definition) is 3. The van der Waals surface area contributed by atoms with E-state index in [-0.39, 0.29) is 0 Å². The first-order chi connectivity index (χ1) is 5.29. The van der Waals surface area contributed by atoms with E-state index in [0.29, 0.717) is 6.23 Å². The number of nitrogens with zero attached hydrogens (tertiary/aromatic N) is 1. The Morgan fingerprint density at radius 2 is 2.36 bits per heavy atom. The molecule has 0 bridgehead atoms. The summed E-state index contributed by atoms with van der Waals surface area (Å²) in [6.07, 6.45) is 2.54. The third-order valence-electron chi connectivity index (χ3n) is 1.85. The lowest BCUT2D eigenvalue weighted by molar-refractivity contribution is -0.00691. The first-order valence-electron chi connectivity index (χ1n) is 4.29. The van der Waals surface area contributed by atoms with Gasteiger partial charge in [0.1, 0.15) is 6.23 Å². The van der Waals surface area contributed by atoms with Gasteiger partial charge in [-0.1, -0.05) is 0 Å². The molecule has 0 amide bonds. The van der Waals surface area contributed by atoms with Crippen LogP contribution in [0.2, 0.25) is 0 Å². The topological polar surface area (TPSA) is 24.5 Å². The molecule has 3 nitrogen and oxygen atoms in total. The van der Waals surface area contributed by atoms with Crippen LogP contribution in [0.3, 0.4) is 0 Å². The van der Waals surface area contributed by atoms with Crippen molar-refractivity contribution in [2.75, 3.05) is 33.8 Å². The van der Waals surface area contributed by atoms with Crippen molar-refractivity contribution in [3.63, 3.8) is 0 Å². The smallest absolute Gasteiger partial charge is 0.109 e. The minimum absolute atomic E-state index is 0.297. The van der Waals surface area contributed by atoms with Gasteiger partial charge in [-0.25, -0.2) is 0 Å². The van der Waals surface area contributed by atoms with Gasteiger partial charge in [0.25, 0.3) is 0 Å². The third-order valence-corrected chi connectivity index (χ3v) is 1.85. The molecule has 0 saturated carbocycles. The van der Waals surface area contributed by atoms with Crippen LogP contribution in [0.1, 0.15) is 12.8 Å². The van der Waals surface area contributed by atoms with Crippen molar-refractivity contribution in [3.8, 4) is 0 Å². The first-order valence-corrected chi connectivity index (χ1v) is 4.29. The molecule has 1 heterocycles.